The van der Waals surface area contributed by atoms with Gasteiger partial charge in [-0.1, -0.05) is 91.0 Å². The molecule has 0 aliphatic carbocycles. The number of hydrogen-bond acceptors (Lipinski definition) is 5. The third-order valence-electron chi connectivity index (χ3n) is 6.79. The maximum absolute atomic E-state index is 12.4. The van der Waals surface area contributed by atoms with Crippen molar-refractivity contribution in [2.24, 2.45) is 0 Å². The lowest BCUT2D eigenvalue weighted by atomic mass is 9.80. The number of benzene rings is 3. The van der Waals surface area contributed by atoms with Crippen LogP contribution >= 0.6 is 0 Å². The number of aromatic amines is 1. The Morgan fingerprint density at radius 2 is 1.45 bits per heavy atom. The van der Waals surface area contributed by atoms with E-state index in [9.17, 15) is 14.4 Å². The van der Waals surface area contributed by atoms with Gasteiger partial charge in [-0.25, -0.2) is 4.79 Å². The monoisotopic (exact) mass is 511 g/mol. The SMILES string of the molecule is CC(=O)NC1CC(n2ccc(=O)[nH]c2=O)OC1COC(c1ccccc1)(c1ccccc1)c1ccccc1. The van der Waals surface area contributed by atoms with Gasteiger partial charge in [0, 0.05) is 25.6 Å². The van der Waals surface area contributed by atoms with Crippen LogP contribution in [0.15, 0.2) is 113 Å². The summed E-state index contributed by atoms with van der Waals surface area (Å²) in [7, 11) is 0. The number of rotatable bonds is 8. The van der Waals surface area contributed by atoms with E-state index in [0.717, 1.165) is 16.7 Å². The highest BCUT2D eigenvalue weighted by atomic mass is 16.6. The molecule has 2 N–H and O–H groups in total. The van der Waals surface area contributed by atoms with Crippen LogP contribution < -0.4 is 16.6 Å². The molecule has 38 heavy (non-hydrogen) atoms. The molecule has 3 aromatic carbocycles. The number of amides is 1. The van der Waals surface area contributed by atoms with Crippen molar-refractivity contribution in [3.8, 4) is 0 Å². The molecule has 8 nitrogen and oxygen atoms in total. The van der Waals surface area contributed by atoms with E-state index in [1.54, 1.807) is 0 Å². The van der Waals surface area contributed by atoms with E-state index in [2.05, 4.69) is 10.3 Å². The van der Waals surface area contributed by atoms with E-state index >= 15 is 0 Å². The summed E-state index contributed by atoms with van der Waals surface area (Å²) in [6.45, 7) is 1.57. The molecular formula is C30H29N3O5. The zero-order valence-electron chi connectivity index (χ0n) is 20.9. The molecule has 1 aromatic heterocycles. The van der Waals surface area contributed by atoms with Gasteiger partial charge in [0.25, 0.3) is 5.56 Å². The summed E-state index contributed by atoms with van der Waals surface area (Å²) >= 11 is 0. The second-order valence-corrected chi connectivity index (χ2v) is 9.28. The minimum absolute atomic E-state index is 0.123. The first kappa shape index (κ1) is 25.4. The Labute approximate surface area is 219 Å². The lowest BCUT2D eigenvalue weighted by Crippen LogP contribution is -2.44. The van der Waals surface area contributed by atoms with Crippen molar-refractivity contribution in [2.45, 2.75) is 37.3 Å². The van der Waals surface area contributed by atoms with E-state index < -0.39 is 35.2 Å². The molecule has 1 saturated heterocycles. The molecule has 1 aliphatic heterocycles. The number of aromatic nitrogens is 2. The summed E-state index contributed by atoms with van der Waals surface area (Å²) in [5, 5.41) is 2.95. The predicted octanol–water partition coefficient (Wildman–Crippen LogP) is 3.34. The molecule has 1 fully saturated rings. The topological polar surface area (TPSA) is 102 Å². The van der Waals surface area contributed by atoms with Crippen molar-refractivity contribution < 1.29 is 14.3 Å². The molecule has 4 aromatic rings. The molecule has 2 heterocycles. The number of hydrogen-bond donors (Lipinski definition) is 2. The number of carbonyl (C=O) groups excluding carboxylic acids is 1. The number of carbonyl (C=O) groups is 1. The van der Waals surface area contributed by atoms with Gasteiger partial charge in [-0.3, -0.25) is 19.1 Å². The van der Waals surface area contributed by atoms with Crippen LogP contribution in [0.2, 0.25) is 0 Å². The van der Waals surface area contributed by atoms with E-state index in [0.29, 0.717) is 6.42 Å². The molecule has 5 rings (SSSR count). The highest BCUT2D eigenvalue weighted by Gasteiger charge is 2.42. The van der Waals surface area contributed by atoms with Gasteiger partial charge in [0.2, 0.25) is 5.91 Å². The van der Waals surface area contributed by atoms with Gasteiger partial charge in [0.1, 0.15) is 17.9 Å². The van der Waals surface area contributed by atoms with Crippen LogP contribution in [0.4, 0.5) is 0 Å². The first-order valence-electron chi connectivity index (χ1n) is 12.5. The fourth-order valence-corrected chi connectivity index (χ4v) is 5.10. The smallest absolute Gasteiger partial charge is 0.330 e. The number of ether oxygens (including phenoxy) is 2. The Morgan fingerprint density at radius 3 is 1.92 bits per heavy atom. The van der Waals surface area contributed by atoms with Crippen molar-refractivity contribution >= 4 is 5.91 Å². The summed E-state index contributed by atoms with van der Waals surface area (Å²) in [4.78, 5) is 38.3. The number of nitrogens with one attached hydrogen (secondary N) is 2. The van der Waals surface area contributed by atoms with Crippen LogP contribution in [0.5, 0.6) is 0 Å². The van der Waals surface area contributed by atoms with E-state index in [1.165, 1.54) is 23.8 Å². The van der Waals surface area contributed by atoms with Crippen LogP contribution in [0, 0.1) is 0 Å². The predicted molar refractivity (Wildman–Crippen MR) is 143 cm³/mol. The standard InChI is InChI=1S/C30H29N3O5/c1-21(34)31-25-19-28(33-18-17-27(35)32-29(33)36)38-26(25)20-37-30(22-11-5-2-6-12-22,23-13-7-3-8-14-23)24-15-9-4-10-16-24/h2-18,25-26,28H,19-20H2,1H3,(H,31,34)(H,32,35,36). The second kappa shape index (κ2) is 11.0. The lowest BCUT2D eigenvalue weighted by Gasteiger charge is -2.37. The molecule has 1 aliphatic rings. The Kier molecular flexibility index (Phi) is 7.35. The number of H-pyrrole nitrogens is 1. The molecule has 1 amide bonds. The van der Waals surface area contributed by atoms with Crippen LogP contribution in [-0.2, 0) is 19.9 Å². The zero-order valence-corrected chi connectivity index (χ0v) is 20.9. The third-order valence-corrected chi connectivity index (χ3v) is 6.79. The average Bonchev–Trinajstić information content (AvgIpc) is 3.32. The summed E-state index contributed by atoms with van der Waals surface area (Å²) in [6.07, 6.45) is 0.513. The molecule has 3 unspecified atom stereocenters. The Bertz CT molecular complexity index is 1390. The maximum atomic E-state index is 12.4. The fourth-order valence-electron chi connectivity index (χ4n) is 5.10. The highest BCUT2D eigenvalue weighted by Crippen LogP contribution is 2.41. The van der Waals surface area contributed by atoms with Crippen LogP contribution in [0.3, 0.4) is 0 Å². The van der Waals surface area contributed by atoms with Gasteiger partial charge >= 0.3 is 5.69 Å². The highest BCUT2D eigenvalue weighted by molar-refractivity contribution is 5.73. The van der Waals surface area contributed by atoms with Crippen LogP contribution in [0.25, 0.3) is 0 Å². The molecule has 194 valence electrons. The van der Waals surface area contributed by atoms with Gasteiger partial charge in [-0.2, -0.15) is 0 Å². The van der Waals surface area contributed by atoms with E-state index in [-0.39, 0.29) is 12.5 Å². The Balaban J connectivity index is 1.54. The summed E-state index contributed by atoms with van der Waals surface area (Å²) in [5.74, 6) is -0.210. The molecular weight excluding hydrogens is 482 g/mol. The molecule has 3 atom stereocenters. The maximum Gasteiger partial charge on any atom is 0.330 e. The second-order valence-electron chi connectivity index (χ2n) is 9.28. The van der Waals surface area contributed by atoms with Gasteiger partial charge in [0.15, 0.2) is 0 Å². The Hall–Kier alpha value is -4.27. The van der Waals surface area contributed by atoms with Crippen molar-refractivity contribution in [3.05, 3.63) is 141 Å². The molecule has 0 radical (unpaired) electrons. The number of nitrogens with zero attached hydrogens (tertiary/aromatic N) is 1. The first-order valence-corrected chi connectivity index (χ1v) is 12.5. The summed E-state index contributed by atoms with van der Waals surface area (Å²) in [5.41, 5.74) is 0.819. The van der Waals surface area contributed by atoms with E-state index in [1.807, 2.05) is 91.0 Å². The van der Waals surface area contributed by atoms with Gasteiger partial charge in [0.05, 0.1) is 12.6 Å². The van der Waals surface area contributed by atoms with Crippen molar-refractivity contribution in [2.75, 3.05) is 6.61 Å². The summed E-state index contributed by atoms with van der Waals surface area (Å²) in [6, 6.07) is 30.8. The van der Waals surface area contributed by atoms with Crippen molar-refractivity contribution in [3.63, 3.8) is 0 Å². The van der Waals surface area contributed by atoms with Gasteiger partial charge in [-0.05, 0) is 16.7 Å². The van der Waals surface area contributed by atoms with Crippen LogP contribution in [-0.4, -0.2) is 34.2 Å². The Morgan fingerprint density at radius 1 is 0.921 bits per heavy atom. The quantitative estimate of drug-likeness (QED) is 0.353. The molecule has 8 heteroatoms. The van der Waals surface area contributed by atoms with Gasteiger partial charge in [-0.15, -0.1) is 0 Å². The lowest BCUT2D eigenvalue weighted by molar-refractivity contribution is -0.121. The van der Waals surface area contributed by atoms with E-state index in [4.69, 9.17) is 9.47 Å². The summed E-state index contributed by atoms with van der Waals surface area (Å²) < 4.78 is 14.5. The van der Waals surface area contributed by atoms with Crippen LogP contribution in [0.1, 0.15) is 36.3 Å². The average molecular weight is 512 g/mol. The first-order chi connectivity index (χ1) is 18.5. The normalized spacial score (nSPS) is 19.2. The fraction of sp³-hybridized carbons (Fsp3) is 0.233. The molecule has 0 saturated carbocycles. The minimum atomic E-state index is -0.958. The molecule has 0 spiro atoms. The third kappa shape index (κ3) is 5.09. The minimum Gasteiger partial charge on any atom is -0.358 e. The van der Waals surface area contributed by atoms with Crippen molar-refractivity contribution in [1.82, 2.24) is 14.9 Å². The van der Waals surface area contributed by atoms with Crippen molar-refractivity contribution in [1.29, 1.82) is 0 Å². The molecule has 0 bridgehead atoms. The van der Waals surface area contributed by atoms with Gasteiger partial charge < -0.3 is 14.8 Å². The largest absolute Gasteiger partial charge is 0.358 e. The zero-order chi connectivity index (χ0) is 26.5.